The van der Waals surface area contributed by atoms with E-state index in [9.17, 15) is 4.79 Å². The number of carbonyl (C=O) groups is 1. The van der Waals surface area contributed by atoms with Gasteiger partial charge < -0.3 is 20.6 Å². The van der Waals surface area contributed by atoms with Gasteiger partial charge in [0.05, 0.1) is 0 Å². The summed E-state index contributed by atoms with van der Waals surface area (Å²) in [5, 5.41) is 14.6. The lowest BCUT2D eigenvalue weighted by Gasteiger charge is -2.18. The number of hydrogen-bond donors (Lipinski definition) is 3. The maximum Gasteiger partial charge on any atom is 0.319 e. The molecule has 1 aromatic rings. The maximum absolute atomic E-state index is 11.9. The number of carbonyl (C=O) groups excluding carboxylic acids is 1. The SMILES string of the molecule is CCC(CCO)NC(=O)Nc1ccc(N(C)C)c(C)c1. The molecule has 1 aromatic carbocycles. The van der Waals surface area contributed by atoms with Gasteiger partial charge in [0, 0.05) is 38.1 Å². The van der Waals surface area contributed by atoms with E-state index in [0.29, 0.717) is 6.42 Å². The summed E-state index contributed by atoms with van der Waals surface area (Å²) in [4.78, 5) is 13.9. The van der Waals surface area contributed by atoms with Crippen molar-refractivity contribution in [2.45, 2.75) is 32.7 Å². The van der Waals surface area contributed by atoms with Crippen molar-refractivity contribution in [2.24, 2.45) is 0 Å². The molecule has 0 aromatic heterocycles. The number of rotatable bonds is 6. The third-order valence-electron chi connectivity index (χ3n) is 3.24. The molecule has 0 saturated heterocycles. The highest BCUT2D eigenvalue weighted by Crippen LogP contribution is 2.21. The Kier molecular flexibility index (Phi) is 6.31. The predicted molar refractivity (Wildman–Crippen MR) is 83.4 cm³/mol. The Morgan fingerprint density at radius 1 is 1.40 bits per heavy atom. The van der Waals surface area contributed by atoms with Gasteiger partial charge in [-0.1, -0.05) is 6.92 Å². The number of urea groups is 1. The molecule has 0 aliphatic heterocycles. The van der Waals surface area contributed by atoms with Crippen LogP contribution in [0.15, 0.2) is 18.2 Å². The van der Waals surface area contributed by atoms with Crippen molar-refractivity contribution in [3.63, 3.8) is 0 Å². The topological polar surface area (TPSA) is 64.6 Å². The Bertz CT molecular complexity index is 447. The third-order valence-corrected chi connectivity index (χ3v) is 3.24. The first-order valence-corrected chi connectivity index (χ1v) is 6.94. The summed E-state index contributed by atoms with van der Waals surface area (Å²) < 4.78 is 0. The van der Waals surface area contributed by atoms with Crippen LogP contribution >= 0.6 is 0 Å². The molecule has 112 valence electrons. The van der Waals surface area contributed by atoms with E-state index >= 15 is 0 Å². The van der Waals surface area contributed by atoms with Gasteiger partial charge in [0.2, 0.25) is 0 Å². The van der Waals surface area contributed by atoms with Crippen molar-refractivity contribution in [2.75, 3.05) is 30.9 Å². The van der Waals surface area contributed by atoms with Gasteiger partial charge in [-0.3, -0.25) is 0 Å². The van der Waals surface area contributed by atoms with Crippen LogP contribution in [-0.2, 0) is 0 Å². The molecule has 1 rings (SSSR count). The molecule has 0 aliphatic rings. The van der Waals surface area contributed by atoms with Gasteiger partial charge in [0.1, 0.15) is 0 Å². The molecular weight excluding hydrogens is 254 g/mol. The summed E-state index contributed by atoms with van der Waals surface area (Å²) in [5.41, 5.74) is 3.00. The Morgan fingerprint density at radius 3 is 2.60 bits per heavy atom. The van der Waals surface area contributed by atoms with Crippen LogP contribution in [0.5, 0.6) is 0 Å². The minimum absolute atomic E-state index is 0.00199. The van der Waals surface area contributed by atoms with Crippen molar-refractivity contribution >= 4 is 17.4 Å². The quantitative estimate of drug-likeness (QED) is 0.749. The van der Waals surface area contributed by atoms with Crippen molar-refractivity contribution in [1.82, 2.24) is 5.32 Å². The predicted octanol–water partition coefficient (Wildman–Crippen LogP) is 2.34. The highest BCUT2D eigenvalue weighted by atomic mass is 16.3. The van der Waals surface area contributed by atoms with Crippen LogP contribution in [0, 0.1) is 6.92 Å². The molecule has 0 radical (unpaired) electrons. The van der Waals surface area contributed by atoms with Crippen LogP contribution < -0.4 is 15.5 Å². The number of nitrogens with zero attached hydrogens (tertiary/aromatic N) is 1. The van der Waals surface area contributed by atoms with Gasteiger partial charge >= 0.3 is 6.03 Å². The van der Waals surface area contributed by atoms with Gasteiger partial charge in [-0.2, -0.15) is 0 Å². The van der Waals surface area contributed by atoms with Crippen LogP contribution in [0.2, 0.25) is 0 Å². The normalized spacial score (nSPS) is 11.8. The van der Waals surface area contributed by atoms with Crippen molar-refractivity contribution in [3.05, 3.63) is 23.8 Å². The molecular formula is C15H25N3O2. The van der Waals surface area contributed by atoms with E-state index in [-0.39, 0.29) is 18.7 Å². The number of anilines is 2. The molecule has 0 spiro atoms. The van der Waals surface area contributed by atoms with E-state index in [2.05, 4.69) is 10.6 Å². The second kappa shape index (κ2) is 7.75. The van der Waals surface area contributed by atoms with Crippen molar-refractivity contribution in [1.29, 1.82) is 0 Å². The van der Waals surface area contributed by atoms with E-state index in [0.717, 1.165) is 23.4 Å². The number of aliphatic hydroxyl groups excluding tert-OH is 1. The second-order valence-corrected chi connectivity index (χ2v) is 5.11. The Labute approximate surface area is 121 Å². The molecule has 3 N–H and O–H groups in total. The van der Waals surface area contributed by atoms with Crippen LogP contribution in [0.25, 0.3) is 0 Å². The van der Waals surface area contributed by atoms with Gasteiger partial charge in [-0.25, -0.2) is 4.79 Å². The summed E-state index contributed by atoms with van der Waals surface area (Å²) in [5.74, 6) is 0. The zero-order valence-corrected chi connectivity index (χ0v) is 12.7. The molecule has 0 bridgehead atoms. The Morgan fingerprint density at radius 2 is 2.10 bits per heavy atom. The molecule has 5 nitrogen and oxygen atoms in total. The third kappa shape index (κ3) is 4.74. The fraction of sp³-hybridized carbons (Fsp3) is 0.533. The van der Waals surface area contributed by atoms with Gasteiger partial charge in [0.25, 0.3) is 0 Å². The molecule has 2 amide bonds. The van der Waals surface area contributed by atoms with Crippen LogP contribution in [0.1, 0.15) is 25.3 Å². The highest BCUT2D eigenvalue weighted by Gasteiger charge is 2.10. The average Bonchev–Trinajstić information content (AvgIpc) is 2.37. The maximum atomic E-state index is 11.9. The lowest BCUT2D eigenvalue weighted by Crippen LogP contribution is -2.38. The smallest absolute Gasteiger partial charge is 0.319 e. The molecule has 20 heavy (non-hydrogen) atoms. The molecule has 1 atom stereocenters. The lowest BCUT2D eigenvalue weighted by atomic mass is 10.1. The molecule has 1 unspecified atom stereocenters. The number of amides is 2. The fourth-order valence-electron chi connectivity index (χ4n) is 2.12. The summed E-state index contributed by atoms with van der Waals surface area (Å²) in [6, 6.07) is 5.58. The second-order valence-electron chi connectivity index (χ2n) is 5.11. The Hall–Kier alpha value is -1.75. The minimum Gasteiger partial charge on any atom is -0.396 e. The molecule has 0 saturated carbocycles. The van der Waals surface area contributed by atoms with Crippen LogP contribution in [0.3, 0.4) is 0 Å². The average molecular weight is 279 g/mol. The number of aliphatic hydroxyl groups is 1. The zero-order valence-electron chi connectivity index (χ0n) is 12.7. The highest BCUT2D eigenvalue weighted by molar-refractivity contribution is 5.89. The van der Waals surface area contributed by atoms with Crippen molar-refractivity contribution < 1.29 is 9.90 Å². The molecule has 5 heteroatoms. The van der Waals surface area contributed by atoms with Gasteiger partial charge in [-0.15, -0.1) is 0 Å². The van der Waals surface area contributed by atoms with Crippen molar-refractivity contribution in [3.8, 4) is 0 Å². The van der Waals surface area contributed by atoms with E-state index < -0.39 is 0 Å². The first kappa shape index (κ1) is 16.3. The molecule has 0 fully saturated rings. The first-order valence-electron chi connectivity index (χ1n) is 6.94. The van der Waals surface area contributed by atoms with Gasteiger partial charge in [-0.05, 0) is 43.5 Å². The monoisotopic (exact) mass is 279 g/mol. The molecule has 0 aliphatic carbocycles. The number of benzene rings is 1. The van der Waals surface area contributed by atoms with E-state index in [1.165, 1.54) is 0 Å². The summed E-state index contributed by atoms with van der Waals surface area (Å²) in [7, 11) is 3.98. The van der Waals surface area contributed by atoms with Crippen LogP contribution in [0.4, 0.5) is 16.2 Å². The lowest BCUT2D eigenvalue weighted by molar-refractivity contribution is 0.237. The van der Waals surface area contributed by atoms with Gasteiger partial charge in [0.15, 0.2) is 0 Å². The zero-order chi connectivity index (χ0) is 15.1. The van der Waals surface area contributed by atoms with E-state index in [4.69, 9.17) is 5.11 Å². The summed E-state index contributed by atoms with van der Waals surface area (Å²) >= 11 is 0. The summed E-state index contributed by atoms with van der Waals surface area (Å²) in [6.07, 6.45) is 1.37. The summed E-state index contributed by atoms with van der Waals surface area (Å²) in [6.45, 7) is 4.07. The van der Waals surface area contributed by atoms with E-state index in [1.54, 1.807) is 0 Å². The standard InChI is InChI=1S/C15H25N3O2/c1-5-12(8-9-19)16-15(20)17-13-6-7-14(18(3)4)11(2)10-13/h6-7,10,12,19H,5,8-9H2,1-4H3,(H2,16,17,20). The largest absolute Gasteiger partial charge is 0.396 e. The fourth-order valence-corrected chi connectivity index (χ4v) is 2.12. The minimum atomic E-state index is -0.234. The van der Waals surface area contributed by atoms with Crippen LogP contribution in [-0.4, -0.2) is 37.9 Å². The first-order chi connectivity index (χ1) is 9.47. The number of aryl methyl sites for hydroxylation is 1. The Balaban J connectivity index is 2.64. The van der Waals surface area contributed by atoms with E-state index in [1.807, 2.05) is 51.0 Å². The number of nitrogens with one attached hydrogen (secondary N) is 2. The molecule has 0 heterocycles. The number of hydrogen-bond acceptors (Lipinski definition) is 3.